The smallest absolute Gasteiger partial charge is 0.124 e. The number of hydrogen-bond acceptors (Lipinski definition) is 5. The van der Waals surface area contributed by atoms with Gasteiger partial charge in [0.1, 0.15) is 12.1 Å². The first-order chi connectivity index (χ1) is 8.29. The molecule has 2 aromatic rings. The number of hydrogen-bond donors (Lipinski definition) is 1. The van der Waals surface area contributed by atoms with Crippen LogP contribution in [0.3, 0.4) is 0 Å². The van der Waals surface area contributed by atoms with Crippen molar-refractivity contribution in [2.75, 3.05) is 12.8 Å². The van der Waals surface area contributed by atoms with Crippen molar-refractivity contribution < 1.29 is 4.74 Å². The van der Waals surface area contributed by atoms with E-state index in [1.807, 2.05) is 24.3 Å². The molecule has 0 amide bonds. The second-order valence-electron chi connectivity index (χ2n) is 3.41. The molecule has 2 rings (SSSR count). The van der Waals surface area contributed by atoms with E-state index in [4.69, 9.17) is 10.5 Å². The van der Waals surface area contributed by atoms with Gasteiger partial charge in [0, 0.05) is 29.3 Å². The number of rotatable bonds is 4. The largest absolute Gasteiger partial charge is 0.496 e. The fourth-order valence-electron chi connectivity index (χ4n) is 1.40. The maximum Gasteiger partial charge on any atom is 0.124 e. The molecule has 1 heterocycles. The first kappa shape index (κ1) is 11.7. The SMILES string of the molecule is COc1cc(N)ccc1CSc1ccncn1. The van der Waals surface area contributed by atoms with E-state index in [9.17, 15) is 0 Å². The van der Waals surface area contributed by atoms with Gasteiger partial charge in [-0.15, -0.1) is 11.8 Å². The summed E-state index contributed by atoms with van der Waals surface area (Å²) in [5.74, 6) is 1.60. The van der Waals surface area contributed by atoms with E-state index in [-0.39, 0.29) is 0 Å². The summed E-state index contributed by atoms with van der Waals surface area (Å²) in [5.41, 5.74) is 7.51. The summed E-state index contributed by atoms with van der Waals surface area (Å²) in [4.78, 5) is 8.03. The van der Waals surface area contributed by atoms with E-state index in [1.165, 1.54) is 0 Å². The van der Waals surface area contributed by atoms with Crippen molar-refractivity contribution in [3.8, 4) is 5.75 Å². The van der Waals surface area contributed by atoms with Crippen LogP contribution in [-0.2, 0) is 5.75 Å². The lowest BCUT2D eigenvalue weighted by Crippen LogP contribution is -1.93. The Balaban J connectivity index is 2.09. The third kappa shape index (κ3) is 3.10. The lowest BCUT2D eigenvalue weighted by molar-refractivity contribution is 0.411. The number of methoxy groups -OCH3 is 1. The molecule has 0 atom stereocenters. The molecule has 0 aliphatic carbocycles. The maximum absolute atomic E-state index is 5.70. The van der Waals surface area contributed by atoms with Gasteiger partial charge in [-0.05, 0) is 12.1 Å². The molecule has 0 unspecified atom stereocenters. The van der Waals surface area contributed by atoms with Gasteiger partial charge < -0.3 is 10.5 Å². The molecule has 1 aromatic heterocycles. The minimum Gasteiger partial charge on any atom is -0.496 e. The third-order valence-corrected chi connectivity index (χ3v) is 3.23. The number of benzene rings is 1. The number of thioether (sulfide) groups is 1. The maximum atomic E-state index is 5.70. The van der Waals surface area contributed by atoms with Crippen LogP contribution in [0.2, 0.25) is 0 Å². The van der Waals surface area contributed by atoms with Gasteiger partial charge in [-0.3, -0.25) is 0 Å². The van der Waals surface area contributed by atoms with E-state index in [0.29, 0.717) is 5.69 Å². The van der Waals surface area contributed by atoms with Crippen LogP contribution in [0.25, 0.3) is 0 Å². The Labute approximate surface area is 104 Å². The zero-order chi connectivity index (χ0) is 12.1. The minimum atomic E-state index is 0.706. The number of nitrogens with zero attached hydrogens (tertiary/aromatic N) is 2. The summed E-state index contributed by atoms with van der Waals surface area (Å²) in [6.07, 6.45) is 3.28. The van der Waals surface area contributed by atoms with Crippen molar-refractivity contribution in [2.45, 2.75) is 10.8 Å². The standard InChI is InChI=1S/C12H13N3OS/c1-16-11-6-10(13)3-2-9(11)7-17-12-4-5-14-8-15-12/h2-6,8H,7,13H2,1H3. The molecule has 0 radical (unpaired) electrons. The molecule has 17 heavy (non-hydrogen) atoms. The Morgan fingerprint density at radius 1 is 1.35 bits per heavy atom. The van der Waals surface area contributed by atoms with E-state index < -0.39 is 0 Å². The molecule has 4 nitrogen and oxygen atoms in total. The molecule has 0 saturated heterocycles. The molecule has 0 aliphatic heterocycles. The molecule has 88 valence electrons. The number of nitrogens with two attached hydrogens (primary N) is 1. The van der Waals surface area contributed by atoms with Gasteiger partial charge in [0.05, 0.1) is 12.1 Å². The molecular weight excluding hydrogens is 234 g/mol. The van der Waals surface area contributed by atoms with Crippen LogP contribution in [0.1, 0.15) is 5.56 Å². The Morgan fingerprint density at radius 3 is 2.94 bits per heavy atom. The van der Waals surface area contributed by atoms with Gasteiger partial charge in [0.15, 0.2) is 0 Å². The summed E-state index contributed by atoms with van der Waals surface area (Å²) in [6, 6.07) is 7.56. The summed E-state index contributed by atoms with van der Waals surface area (Å²) in [6.45, 7) is 0. The number of aromatic nitrogens is 2. The molecule has 5 heteroatoms. The second kappa shape index (κ2) is 5.54. The third-order valence-electron chi connectivity index (χ3n) is 2.24. The quantitative estimate of drug-likeness (QED) is 0.510. The van der Waals surface area contributed by atoms with Crippen molar-refractivity contribution >= 4 is 17.4 Å². The van der Waals surface area contributed by atoms with Crippen molar-refractivity contribution in [3.05, 3.63) is 42.4 Å². The molecule has 0 fully saturated rings. The Morgan fingerprint density at radius 2 is 2.24 bits per heavy atom. The highest BCUT2D eigenvalue weighted by Gasteiger charge is 2.04. The lowest BCUT2D eigenvalue weighted by atomic mass is 10.2. The molecule has 2 N–H and O–H groups in total. The van der Waals surface area contributed by atoms with Crippen LogP contribution in [-0.4, -0.2) is 17.1 Å². The summed E-state index contributed by atoms with van der Waals surface area (Å²) in [7, 11) is 1.65. The zero-order valence-electron chi connectivity index (χ0n) is 9.46. The Hall–Kier alpha value is -1.75. The summed E-state index contributed by atoms with van der Waals surface area (Å²) in [5, 5.41) is 0.943. The highest BCUT2D eigenvalue weighted by atomic mass is 32.2. The van der Waals surface area contributed by atoms with Crippen molar-refractivity contribution in [3.63, 3.8) is 0 Å². The van der Waals surface area contributed by atoms with Gasteiger partial charge >= 0.3 is 0 Å². The normalized spacial score (nSPS) is 10.2. The van der Waals surface area contributed by atoms with Crippen LogP contribution in [0.5, 0.6) is 5.75 Å². The second-order valence-corrected chi connectivity index (χ2v) is 4.40. The molecular formula is C12H13N3OS. The first-order valence-electron chi connectivity index (χ1n) is 5.11. The molecule has 0 spiro atoms. The average molecular weight is 247 g/mol. The van der Waals surface area contributed by atoms with Gasteiger partial charge in [-0.25, -0.2) is 9.97 Å². The van der Waals surface area contributed by atoms with Gasteiger partial charge in [-0.2, -0.15) is 0 Å². The summed E-state index contributed by atoms with van der Waals surface area (Å²) >= 11 is 1.64. The van der Waals surface area contributed by atoms with Crippen LogP contribution in [0, 0.1) is 0 Å². The molecule has 0 saturated carbocycles. The predicted octanol–water partition coefficient (Wildman–Crippen LogP) is 2.36. The van der Waals surface area contributed by atoms with Gasteiger partial charge in [0.25, 0.3) is 0 Å². The van der Waals surface area contributed by atoms with Crippen molar-refractivity contribution in [1.82, 2.24) is 9.97 Å². The summed E-state index contributed by atoms with van der Waals surface area (Å²) < 4.78 is 5.29. The molecule has 1 aromatic carbocycles. The highest BCUT2D eigenvalue weighted by Crippen LogP contribution is 2.28. The van der Waals surface area contributed by atoms with Crippen LogP contribution in [0.4, 0.5) is 5.69 Å². The lowest BCUT2D eigenvalue weighted by Gasteiger charge is -2.08. The van der Waals surface area contributed by atoms with E-state index in [0.717, 1.165) is 22.1 Å². The van der Waals surface area contributed by atoms with Gasteiger partial charge in [0.2, 0.25) is 0 Å². The van der Waals surface area contributed by atoms with Crippen LogP contribution < -0.4 is 10.5 Å². The van der Waals surface area contributed by atoms with Crippen LogP contribution in [0.15, 0.2) is 41.8 Å². The minimum absolute atomic E-state index is 0.706. The Bertz CT molecular complexity index is 490. The number of ether oxygens (including phenoxy) is 1. The molecule has 0 aliphatic rings. The molecule has 0 bridgehead atoms. The van der Waals surface area contributed by atoms with Crippen molar-refractivity contribution in [2.24, 2.45) is 0 Å². The first-order valence-corrected chi connectivity index (χ1v) is 6.09. The zero-order valence-corrected chi connectivity index (χ0v) is 10.3. The monoisotopic (exact) mass is 247 g/mol. The average Bonchev–Trinajstić information content (AvgIpc) is 2.38. The number of anilines is 1. The van der Waals surface area contributed by atoms with E-state index >= 15 is 0 Å². The topological polar surface area (TPSA) is 61.0 Å². The van der Waals surface area contributed by atoms with E-state index in [1.54, 1.807) is 31.4 Å². The predicted molar refractivity (Wildman–Crippen MR) is 69.0 cm³/mol. The van der Waals surface area contributed by atoms with Gasteiger partial charge in [-0.1, -0.05) is 6.07 Å². The Kier molecular flexibility index (Phi) is 3.82. The highest BCUT2D eigenvalue weighted by molar-refractivity contribution is 7.98. The number of nitrogen functional groups attached to an aromatic ring is 1. The van der Waals surface area contributed by atoms with Crippen molar-refractivity contribution in [1.29, 1.82) is 0 Å². The fourth-order valence-corrected chi connectivity index (χ4v) is 2.22. The van der Waals surface area contributed by atoms with E-state index in [2.05, 4.69) is 9.97 Å². The van der Waals surface area contributed by atoms with Crippen LogP contribution >= 0.6 is 11.8 Å². The fraction of sp³-hybridized carbons (Fsp3) is 0.167.